The highest BCUT2D eigenvalue weighted by Gasteiger charge is 2.58. The van der Waals surface area contributed by atoms with Crippen molar-refractivity contribution in [3.63, 3.8) is 0 Å². The number of methoxy groups -OCH3 is 1. The van der Waals surface area contributed by atoms with Crippen LogP contribution in [0.15, 0.2) is 10.5 Å². The topological polar surface area (TPSA) is 81.3 Å². The molecule has 2 rings (SSSR count). The second kappa shape index (κ2) is 9.72. The fraction of sp³-hybridized carbons (Fsp3) is 0.818. The smallest absolute Gasteiger partial charge is 0.147 e. The lowest BCUT2D eigenvalue weighted by molar-refractivity contribution is -0.244. The zero-order valence-corrected chi connectivity index (χ0v) is 18.4. The third-order valence-electron chi connectivity index (χ3n) is 6.71. The van der Waals surface area contributed by atoms with Gasteiger partial charge in [0, 0.05) is 18.9 Å². The SMILES string of the molecule is CC[C@@H]1[C@@H](C)[C@H](OCOCCOC)[C@@H](C)[C@@](O)([C@H](C)c2oc(C)cc2C)[C@@H]1O. The Morgan fingerprint density at radius 2 is 1.93 bits per heavy atom. The summed E-state index contributed by atoms with van der Waals surface area (Å²) in [7, 11) is 1.63. The van der Waals surface area contributed by atoms with Crippen LogP contribution in [0.4, 0.5) is 0 Å². The molecule has 1 aromatic rings. The van der Waals surface area contributed by atoms with E-state index in [0.717, 1.165) is 23.5 Å². The highest BCUT2D eigenvalue weighted by Crippen LogP contribution is 2.50. The van der Waals surface area contributed by atoms with E-state index in [2.05, 4.69) is 6.92 Å². The van der Waals surface area contributed by atoms with Gasteiger partial charge in [0.15, 0.2) is 0 Å². The van der Waals surface area contributed by atoms with Crippen molar-refractivity contribution >= 4 is 0 Å². The van der Waals surface area contributed by atoms with E-state index < -0.39 is 11.7 Å². The maximum atomic E-state index is 11.8. The summed E-state index contributed by atoms with van der Waals surface area (Å²) in [5, 5.41) is 23.1. The molecule has 0 aliphatic heterocycles. The summed E-state index contributed by atoms with van der Waals surface area (Å²) in [4.78, 5) is 0. The van der Waals surface area contributed by atoms with E-state index in [-0.39, 0.29) is 36.6 Å². The first-order valence-electron chi connectivity index (χ1n) is 10.4. The van der Waals surface area contributed by atoms with Crippen molar-refractivity contribution in [2.45, 2.75) is 71.7 Å². The molecular weight excluding hydrogens is 360 g/mol. The van der Waals surface area contributed by atoms with Crippen molar-refractivity contribution in [3.8, 4) is 0 Å². The molecule has 1 aliphatic carbocycles. The number of hydrogen-bond acceptors (Lipinski definition) is 6. The zero-order valence-electron chi connectivity index (χ0n) is 18.4. The first kappa shape index (κ1) is 23.4. The third-order valence-corrected chi connectivity index (χ3v) is 6.71. The summed E-state index contributed by atoms with van der Waals surface area (Å²) in [5.74, 6) is 0.877. The molecule has 0 saturated heterocycles. The number of hydrogen-bond donors (Lipinski definition) is 2. The summed E-state index contributed by atoms with van der Waals surface area (Å²) in [6.07, 6.45) is -0.346. The normalized spacial score (nSPS) is 34.5. The Bertz CT molecular complexity index is 614. The van der Waals surface area contributed by atoms with Gasteiger partial charge >= 0.3 is 0 Å². The van der Waals surface area contributed by atoms with Crippen LogP contribution in [0.1, 0.15) is 57.1 Å². The highest BCUT2D eigenvalue weighted by molar-refractivity contribution is 5.27. The van der Waals surface area contributed by atoms with Crippen LogP contribution in [0.25, 0.3) is 0 Å². The van der Waals surface area contributed by atoms with Gasteiger partial charge in [0.2, 0.25) is 0 Å². The lowest BCUT2D eigenvalue weighted by Crippen LogP contribution is -2.65. The number of furan rings is 1. The van der Waals surface area contributed by atoms with Crippen molar-refractivity contribution in [1.29, 1.82) is 0 Å². The molecule has 1 heterocycles. The second-order valence-electron chi connectivity index (χ2n) is 8.33. The van der Waals surface area contributed by atoms with Gasteiger partial charge in [-0.05, 0) is 37.3 Å². The monoisotopic (exact) mass is 398 g/mol. The van der Waals surface area contributed by atoms with Crippen molar-refractivity contribution < 1.29 is 28.8 Å². The van der Waals surface area contributed by atoms with Gasteiger partial charge in [0.1, 0.15) is 23.9 Å². The number of aliphatic hydroxyl groups is 2. The first-order valence-corrected chi connectivity index (χ1v) is 10.4. The summed E-state index contributed by atoms with van der Waals surface area (Å²) in [6, 6.07) is 1.96. The molecule has 1 fully saturated rings. The van der Waals surface area contributed by atoms with Crippen LogP contribution in [-0.4, -0.2) is 55.1 Å². The number of rotatable bonds is 9. The minimum atomic E-state index is -1.36. The van der Waals surface area contributed by atoms with Crippen molar-refractivity contribution in [2.75, 3.05) is 27.1 Å². The number of aliphatic hydroxyl groups excluding tert-OH is 1. The van der Waals surface area contributed by atoms with Crippen LogP contribution in [0.5, 0.6) is 0 Å². The Labute approximate surface area is 169 Å². The minimum absolute atomic E-state index is 0.0796. The van der Waals surface area contributed by atoms with Gasteiger partial charge in [-0.25, -0.2) is 0 Å². The van der Waals surface area contributed by atoms with Crippen LogP contribution in [0.3, 0.4) is 0 Å². The van der Waals surface area contributed by atoms with E-state index in [1.54, 1.807) is 7.11 Å². The minimum Gasteiger partial charge on any atom is -0.466 e. The quantitative estimate of drug-likeness (QED) is 0.490. The fourth-order valence-corrected chi connectivity index (χ4v) is 5.03. The molecule has 0 unspecified atom stereocenters. The van der Waals surface area contributed by atoms with Gasteiger partial charge in [-0.3, -0.25) is 0 Å². The van der Waals surface area contributed by atoms with Crippen LogP contribution in [-0.2, 0) is 14.2 Å². The molecule has 0 radical (unpaired) electrons. The molecule has 2 N–H and O–H groups in total. The molecule has 0 spiro atoms. The predicted octanol–water partition coefficient (Wildman–Crippen LogP) is 3.41. The van der Waals surface area contributed by atoms with Crippen LogP contribution < -0.4 is 0 Å². The Morgan fingerprint density at radius 1 is 1.25 bits per heavy atom. The summed E-state index contributed by atoms with van der Waals surface area (Å²) >= 11 is 0. The van der Waals surface area contributed by atoms with E-state index in [0.29, 0.717) is 13.2 Å². The highest BCUT2D eigenvalue weighted by atomic mass is 16.7. The molecule has 0 amide bonds. The summed E-state index contributed by atoms with van der Waals surface area (Å²) < 4.78 is 22.5. The van der Waals surface area contributed by atoms with E-state index in [4.69, 9.17) is 18.6 Å². The maximum Gasteiger partial charge on any atom is 0.147 e. The van der Waals surface area contributed by atoms with Crippen LogP contribution in [0, 0.1) is 31.6 Å². The zero-order chi connectivity index (χ0) is 21.1. The third kappa shape index (κ3) is 4.31. The Kier molecular flexibility index (Phi) is 8.11. The van der Waals surface area contributed by atoms with E-state index in [9.17, 15) is 10.2 Å². The lowest BCUT2D eigenvalue weighted by atomic mass is 9.58. The molecule has 0 aromatic carbocycles. The van der Waals surface area contributed by atoms with E-state index in [1.807, 2.05) is 40.7 Å². The van der Waals surface area contributed by atoms with Crippen molar-refractivity contribution in [2.24, 2.45) is 17.8 Å². The molecule has 6 nitrogen and oxygen atoms in total. The number of aryl methyl sites for hydroxylation is 2. The molecule has 28 heavy (non-hydrogen) atoms. The molecule has 1 saturated carbocycles. The molecule has 1 aromatic heterocycles. The van der Waals surface area contributed by atoms with Crippen LogP contribution >= 0.6 is 0 Å². The molecule has 0 bridgehead atoms. The lowest BCUT2D eigenvalue weighted by Gasteiger charge is -2.54. The molecular formula is C22H38O6. The Balaban J connectivity index is 2.28. The van der Waals surface area contributed by atoms with Crippen molar-refractivity contribution in [1.82, 2.24) is 0 Å². The molecule has 7 atom stereocenters. The molecule has 162 valence electrons. The Morgan fingerprint density at radius 3 is 2.46 bits per heavy atom. The number of ether oxygens (including phenoxy) is 3. The standard InChI is InChI=1S/C22H38O6/c1-8-18-15(4)20(27-12-26-10-9-25-7)17(6)22(24,21(18)23)16(5)19-13(2)11-14(3)28-19/h11,15-18,20-21,23-24H,8-10,12H2,1-7H3/t15-,16-,17-,18-,20+,21-,22+/m1/s1. The second-order valence-corrected chi connectivity index (χ2v) is 8.33. The van der Waals surface area contributed by atoms with Gasteiger partial charge in [-0.1, -0.05) is 34.1 Å². The van der Waals surface area contributed by atoms with Crippen LogP contribution in [0.2, 0.25) is 0 Å². The van der Waals surface area contributed by atoms with E-state index in [1.165, 1.54) is 0 Å². The average Bonchev–Trinajstić information content (AvgIpc) is 3.00. The van der Waals surface area contributed by atoms with Gasteiger partial charge in [0.25, 0.3) is 0 Å². The maximum absolute atomic E-state index is 11.8. The Hall–Kier alpha value is -0.920. The molecule has 1 aliphatic rings. The summed E-state index contributed by atoms with van der Waals surface area (Å²) in [6.45, 7) is 13.0. The average molecular weight is 399 g/mol. The van der Waals surface area contributed by atoms with Gasteiger partial charge in [-0.2, -0.15) is 0 Å². The van der Waals surface area contributed by atoms with Gasteiger partial charge in [-0.15, -0.1) is 0 Å². The predicted molar refractivity (Wildman–Crippen MR) is 107 cm³/mol. The van der Waals surface area contributed by atoms with Gasteiger partial charge < -0.3 is 28.8 Å². The van der Waals surface area contributed by atoms with Crippen molar-refractivity contribution in [3.05, 3.63) is 23.2 Å². The van der Waals surface area contributed by atoms with Gasteiger partial charge in [0.05, 0.1) is 25.4 Å². The molecule has 6 heteroatoms. The largest absolute Gasteiger partial charge is 0.466 e. The fourth-order valence-electron chi connectivity index (χ4n) is 5.03. The van der Waals surface area contributed by atoms with E-state index >= 15 is 0 Å². The first-order chi connectivity index (χ1) is 13.2. The summed E-state index contributed by atoms with van der Waals surface area (Å²) in [5.41, 5.74) is -0.371.